The van der Waals surface area contributed by atoms with Crippen LogP contribution in [0.15, 0.2) is 35.1 Å². The first-order valence-corrected chi connectivity index (χ1v) is 10.7. The van der Waals surface area contributed by atoms with Gasteiger partial charge in [-0.25, -0.2) is 4.98 Å². The number of aromatic nitrogens is 4. The van der Waals surface area contributed by atoms with Gasteiger partial charge in [0.05, 0.1) is 11.4 Å². The number of benzene rings is 1. The standard InChI is InChI=1S/C19H21N5OS2/c1-12-5-4-6-17(13(12)2)24(14(3)25)18-21-15(9-26-18)10-27-19-22-20-11-23(19)16-7-8-16/h4-6,9,11,16H,7-8,10H2,1-3H3. The minimum atomic E-state index is -0.0364. The predicted octanol–water partition coefficient (Wildman–Crippen LogP) is 4.66. The van der Waals surface area contributed by atoms with Gasteiger partial charge < -0.3 is 4.57 Å². The van der Waals surface area contributed by atoms with Gasteiger partial charge in [0.15, 0.2) is 10.3 Å². The molecule has 140 valence electrons. The van der Waals surface area contributed by atoms with Crippen molar-refractivity contribution in [2.75, 3.05) is 4.90 Å². The number of hydrogen-bond donors (Lipinski definition) is 0. The van der Waals surface area contributed by atoms with Gasteiger partial charge in [-0.05, 0) is 43.9 Å². The molecule has 27 heavy (non-hydrogen) atoms. The van der Waals surface area contributed by atoms with Crippen LogP contribution in [0.25, 0.3) is 0 Å². The maximum atomic E-state index is 12.4. The smallest absolute Gasteiger partial charge is 0.230 e. The highest BCUT2D eigenvalue weighted by molar-refractivity contribution is 7.98. The lowest BCUT2D eigenvalue weighted by Gasteiger charge is -2.21. The normalized spacial score (nSPS) is 13.7. The van der Waals surface area contributed by atoms with Crippen molar-refractivity contribution in [3.05, 3.63) is 46.7 Å². The molecule has 0 atom stereocenters. The van der Waals surface area contributed by atoms with Gasteiger partial charge in [0.25, 0.3) is 0 Å². The molecule has 2 aromatic heterocycles. The predicted molar refractivity (Wildman–Crippen MR) is 109 cm³/mol. The molecule has 0 radical (unpaired) electrons. The molecule has 6 nitrogen and oxygen atoms in total. The summed E-state index contributed by atoms with van der Waals surface area (Å²) in [5.74, 6) is 0.672. The molecule has 0 bridgehead atoms. The summed E-state index contributed by atoms with van der Waals surface area (Å²) >= 11 is 3.13. The first-order valence-electron chi connectivity index (χ1n) is 8.88. The van der Waals surface area contributed by atoms with Crippen LogP contribution in [0.5, 0.6) is 0 Å². The highest BCUT2D eigenvalue weighted by Crippen LogP contribution is 2.38. The van der Waals surface area contributed by atoms with Crippen LogP contribution in [0.2, 0.25) is 0 Å². The molecule has 4 rings (SSSR count). The molecule has 1 aromatic carbocycles. The fourth-order valence-electron chi connectivity index (χ4n) is 2.93. The molecule has 3 aromatic rings. The van der Waals surface area contributed by atoms with E-state index in [4.69, 9.17) is 4.98 Å². The molecule has 1 aliphatic rings. The Kier molecular flexibility index (Phi) is 5.01. The van der Waals surface area contributed by atoms with E-state index < -0.39 is 0 Å². The largest absolute Gasteiger partial charge is 0.306 e. The fourth-order valence-corrected chi connectivity index (χ4v) is 4.79. The first kappa shape index (κ1) is 18.2. The number of thioether (sulfide) groups is 1. The Bertz CT molecular complexity index is 976. The number of rotatable bonds is 6. The van der Waals surface area contributed by atoms with Crippen molar-refractivity contribution in [3.8, 4) is 0 Å². The lowest BCUT2D eigenvalue weighted by molar-refractivity contribution is -0.115. The number of anilines is 2. The van der Waals surface area contributed by atoms with Crippen LogP contribution in [-0.2, 0) is 10.5 Å². The highest BCUT2D eigenvalue weighted by Gasteiger charge is 2.26. The van der Waals surface area contributed by atoms with E-state index in [9.17, 15) is 4.79 Å². The van der Waals surface area contributed by atoms with Gasteiger partial charge in [-0.2, -0.15) is 0 Å². The third-order valence-corrected chi connectivity index (χ3v) is 6.56. The number of thiazole rings is 1. The Morgan fingerprint density at radius 2 is 2.19 bits per heavy atom. The molecule has 1 saturated carbocycles. The lowest BCUT2D eigenvalue weighted by atomic mass is 10.1. The van der Waals surface area contributed by atoms with Crippen molar-refractivity contribution in [2.24, 2.45) is 0 Å². The van der Waals surface area contributed by atoms with Crippen LogP contribution in [-0.4, -0.2) is 25.7 Å². The fraction of sp³-hybridized carbons (Fsp3) is 0.368. The van der Waals surface area contributed by atoms with E-state index in [1.807, 2.05) is 30.8 Å². The van der Waals surface area contributed by atoms with E-state index in [0.29, 0.717) is 16.9 Å². The Balaban J connectivity index is 1.53. The number of hydrogen-bond acceptors (Lipinski definition) is 6. The molecular formula is C19H21N5OS2. The van der Waals surface area contributed by atoms with Crippen molar-refractivity contribution < 1.29 is 4.79 Å². The van der Waals surface area contributed by atoms with E-state index in [-0.39, 0.29) is 5.91 Å². The maximum Gasteiger partial charge on any atom is 0.230 e. The van der Waals surface area contributed by atoms with Gasteiger partial charge in [0.2, 0.25) is 5.91 Å². The van der Waals surface area contributed by atoms with Gasteiger partial charge in [-0.1, -0.05) is 23.9 Å². The average molecular weight is 400 g/mol. The highest BCUT2D eigenvalue weighted by atomic mass is 32.2. The van der Waals surface area contributed by atoms with E-state index in [1.165, 1.54) is 24.2 Å². The second kappa shape index (κ2) is 7.44. The lowest BCUT2D eigenvalue weighted by Crippen LogP contribution is -2.23. The monoisotopic (exact) mass is 399 g/mol. The minimum absolute atomic E-state index is 0.0364. The summed E-state index contributed by atoms with van der Waals surface area (Å²) in [5, 5.41) is 11.9. The van der Waals surface area contributed by atoms with E-state index in [0.717, 1.165) is 27.7 Å². The summed E-state index contributed by atoms with van der Waals surface area (Å²) in [6, 6.07) is 6.56. The van der Waals surface area contributed by atoms with Crippen molar-refractivity contribution in [1.82, 2.24) is 19.7 Å². The van der Waals surface area contributed by atoms with Crippen LogP contribution in [0, 0.1) is 13.8 Å². The van der Waals surface area contributed by atoms with E-state index in [2.05, 4.69) is 27.8 Å². The molecule has 8 heteroatoms. The molecular weight excluding hydrogens is 378 g/mol. The van der Waals surface area contributed by atoms with Crippen molar-refractivity contribution in [1.29, 1.82) is 0 Å². The molecule has 0 aliphatic heterocycles. The Hall–Kier alpha value is -2.19. The van der Waals surface area contributed by atoms with E-state index in [1.54, 1.807) is 23.6 Å². The summed E-state index contributed by atoms with van der Waals surface area (Å²) < 4.78 is 2.15. The average Bonchev–Trinajstić information content (AvgIpc) is 3.19. The molecule has 1 fully saturated rings. The quantitative estimate of drug-likeness (QED) is 0.564. The molecule has 0 N–H and O–H groups in total. The third kappa shape index (κ3) is 3.77. The summed E-state index contributed by atoms with van der Waals surface area (Å²) in [5.41, 5.74) is 4.09. The summed E-state index contributed by atoms with van der Waals surface area (Å²) in [7, 11) is 0. The zero-order valence-corrected chi connectivity index (χ0v) is 17.2. The van der Waals surface area contributed by atoms with Crippen molar-refractivity contribution in [3.63, 3.8) is 0 Å². The van der Waals surface area contributed by atoms with Crippen LogP contribution in [0.4, 0.5) is 10.8 Å². The summed E-state index contributed by atoms with van der Waals surface area (Å²) in [6.45, 7) is 5.67. The molecule has 1 amide bonds. The number of nitrogens with zero attached hydrogens (tertiary/aromatic N) is 5. The van der Waals surface area contributed by atoms with Crippen LogP contribution in [0.3, 0.4) is 0 Å². The Morgan fingerprint density at radius 3 is 2.93 bits per heavy atom. The Morgan fingerprint density at radius 1 is 1.37 bits per heavy atom. The molecule has 2 heterocycles. The van der Waals surface area contributed by atoms with Gasteiger partial charge in [0.1, 0.15) is 6.33 Å². The van der Waals surface area contributed by atoms with Crippen LogP contribution >= 0.6 is 23.1 Å². The molecule has 0 saturated heterocycles. The number of amides is 1. The van der Waals surface area contributed by atoms with Gasteiger partial charge in [0, 0.05) is 24.1 Å². The Labute approximate surface area is 166 Å². The van der Waals surface area contributed by atoms with Crippen LogP contribution in [0.1, 0.15) is 42.6 Å². The SMILES string of the molecule is CC(=O)N(c1nc(CSc2nncn2C2CC2)cs1)c1cccc(C)c1C. The van der Waals surface area contributed by atoms with Crippen LogP contribution < -0.4 is 4.90 Å². The number of carbonyl (C=O) groups is 1. The molecule has 0 spiro atoms. The second-order valence-electron chi connectivity index (χ2n) is 6.74. The summed E-state index contributed by atoms with van der Waals surface area (Å²) in [4.78, 5) is 18.8. The summed E-state index contributed by atoms with van der Waals surface area (Å²) in [6.07, 6.45) is 4.22. The van der Waals surface area contributed by atoms with Crippen molar-refractivity contribution in [2.45, 2.75) is 50.6 Å². The zero-order chi connectivity index (χ0) is 19.0. The van der Waals surface area contributed by atoms with Crippen molar-refractivity contribution >= 4 is 39.8 Å². The maximum absolute atomic E-state index is 12.4. The van der Waals surface area contributed by atoms with Gasteiger partial charge in [-0.3, -0.25) is 9.69 Å². The number of aryl methyl sites for hydroxylation is 1. The zero-order valence-electron chi connectivity index (χ0n) is 15.5. The topological polar surface area (TPSA) is 63.9 Å². The minimum Gasteiger partial charge on any atom is -0.306 e. The second-order valence-corrected chi connectivity index (χ2v) is 8.51. The van der Waals surface area contributed by atoms with E-state index >= 15 is 0 Å². The molecule has 1 aliphatic carbocycles. The number of carbonyl (C=O) groups excluding carboxylic acids is 1. The first-order chi connectivity index (χ1) is 13.0. The van der Waals surface area contributed by atoms with Gasteiger partial charge >= 0.3 is 0 Å². The third-order valence-electron chi connectivity index (χ3n) is 4.69. The molecule has 0 unspecified atom stereocenters. The van der Waals surface area contributed by atoms with Gasteiger partial charge in [-0.15, -0.1) is 21.5 Å².